The molecular weight excluding hydrogens is 260 g/mol. The first-order chi connectivity index (χ1) is 10.3. The van der Waals surface area contributed by atoms with E-state index in [0.717, 1.165) is 49.2 Å². The van der Waals surface area contributed by atoms with Gasteiger partial charge in [-0.25, -0.2) is 0 Å². The van der Waals surface area contributed by atoms with Crippen molar-refractivity contribution in [2.24, 2.45) is 0 Å². The number of carbonyl (C=O) groups excluding carboxylic acids is 1. The zero-order valence-corrected chi connectivity index (χ0v) is 12.2. The molecule has 2 aromatic rings. The molecule has 2 heteroatoms. The Balaban J connectivity index is 1.47. The van der Waals surface area contributed by atoms with Gasteiger partial charge in [0.05, 0.1) is 6.61 Å². The molecule has 1 aliphatic rings. The van der Waals surface area contributed by atoms with Crippen molar-refractivity contribution in [2.75, 3.05) is 6.61 Å². The van der Waals surface area contributed by atoms with E-state index in [-0.39, 0.29) is 5.78 Å². The highest BCUT2D eigenvalue weighted by atomic mass is 16.5. The fourth-order valence-corrected chi connectivity index (χ4v) is 2.85. The lowest BCUT2D eigenvalue weighted by Gasteiger charge is -2.10. The van der Waals surface area contributed by atoms with E-state index in [4.69, 9.17) is 4.74 Å². The number of ether oxygens (including phenoxy) is 1. The molecule has 1 aliphatic carbocycles. The van der Waals surface area contributed by atoms with Crippen molar-refractivity contribution in [1.29, 1.82) is 0 Å². The maximum absolute atomic E-state index is 11.7. The standard InChI is InChI=1S/C19H20O2/c20-18-13-12-17-16(18)10-6-11-19(17)21-14-5-4-9-15-7-2-1-3-8-15/h1-3,6-8,10-11H,4-5,9,12-14H2. The molecule has 0 radical (unpaired) electrons. The van der Waals surface area contributed by atoms with Crippen LogP contribution in [0, 0.1) is 0 Å². The Morgan fingerprint density at radius 1 is 0.905 bits per heavy atom. The lowest BCUT2D eigenvalue weighted by molar-refractivity contribution is 0.0994. The highest BCUT2D eigenvalue weighted by Crippen LogP contribution is 2.30. The topological polar surface area (TPSA) is 26.3 Å². The van der Waals surface area contributed by atoms with E-state index < -0.39 is 0 Å². The molecule has 0 N–H and O–H groups in total. The minimum Gasteiger partial charge on any atom is -0.493 e. The van der Waals surface area contributed by atoms with Crippen LogP contribution in [0.3, 0.4) is 0 Å². The number of unbranched alkanes of at least 4 members (excludes halogenated alkanes) is 1. The van der Waals surface area contributed by atoms with Crippen molar-refractivity contribution >= 4 is 5.78 Å². The quantitative estimate of drug-likeness (QED) is 0.741. The van der Waals surface area contributed by atoms with E-state index in [1.165, 1.54) is 5.56 Å². The van der Waals surface area contributed by atoms with Crippen molar-refractivity contribution in [1.82, 2.24) is 0 Å². The highest BCUT2D eigenvalue weighted by Gasteiger charge is 2.22. The summed E-state index contributed by atoms with van der Waals surface area (Å²) in [6.45, 7) is 0.720. The van der Waals surface area contributed by atoms with Gasteiger partial charge >= 0.3 is 0 Å². The zero-order chi connectivity index (χ0) is 14.5. The third-order valence-electron chi connectivity index (χ3n) is 4.00. The van der Waals surface area contributed by atoms with Crippen molar-refractivity contribution in [3.05, 3.63) is 65.2 Å². The molecule has 0 spiro atoms. The van der Waals surface area contributed by atoms with Crippen molar-refractivity contribution in [3.8, 4) is 5.75 Å². The van der Waals surface area contributed by atoms with Gasteiger partial charge in [-0.2, -0.15) is 0 Å². The molecule has 0 bridgehead atoms. The fourth-order valence-electron chi connectivity index (χ4n) is 2.85. The molecule has 0 fully saturated rings. The maximum Gasteiger partial charge on any atom is 0.163 e. The van der Waals surface area contributed by atoms with E-state index in [2.05, 4.69) is 24.3 Å². The molecule has 0 unspecified atom stereocenters. The second-order valence-electron chi connectivity index (χ2n) is 5.50. The molecule has 0 heterocycles. The van der Waals surface area contributed by atoms with Crippen LogP contribution in [0.1, 0.15) is 40.7 Å². The van der Waals surface area contributed by atoms with E-state index in [0.29, 0.717) is 6.42 Å². The number of aryl methyl sites for hydroxylation is 1. The molecule has 0 saturated carbocycles. The lowest BCUT2D eigenvalue weighted by Crippen LogP contribution is -2.01. The van der Waals surface area contributed by atoms with Crippen LogP contribution in [-0.4, -0.2) is 12.4 Å². The summed E-state index contributed by atoms with van der Waals surface area (Å²) in [4.78, 5) is 11.7. The van der Waals surface area contributed by atoms with E-state index >= 15 is 0 Å². The van der Waals surface area contributed by atoms with Crippen molar-refractivity contribution in [2.45, 2.75) is 32.1 Å². The fraction of sp³-hybridized carbons (Fsp3) is 0.316. The summed E-state index contributed by atoms with van der Waals surface area (Å²) < 4.78 is 5.88. The number of ketones is 1. The summed E-state index contributed by atoms with van der Waals surface area (Å²) in [6, 6.07) is 16.3. The van der Waals surface area contributed by atoms with Gasteiger partial charge in [-0.3, -0.25) is 4.79 Å². The Bertz CT molecular complexity index is 617. The van der Waals surface area contributed by atoms with Gasteiger partial charge in [0.1, 0.15) is 5.75 Å². The number of hydrogen-bond acceptors (Lipinski definition) is 2. The summed E-state index contributed by atoms with van der Waals surface area (Å²) in [5.41, 5.74) is 3.34. The lowest BCUT2D eigenvalue weighted by atomic mass is 10.1. The number of benzene rings is 2. The summed E-state index contributed by atoms with van der Waals surface area (Å²) in [6.07, 6.45) is 4.71. The number of hydrogen-bond donors (Lipinski definition) is 0. The first-order valence-corrected chi connectivity index (χ1v) is 7.66. The minimum absolute atomic E-state index is 0.250. The van der Waals surface area contributed by atoms with Crippen LogP contribution in [0.25, 0.3) is 0 Å². The molecule has 0 aliphatic heterocycles. The molecule has 0 aromatic heterocycles. The summed E-state index contributed by atoms with van der Waals surface area (Å²) in [7, 11) is 0. The number of fused-ring (bicyclic) bond motifs is 1. The molecule has 108 valence electrons. The monoisotopic (exact) mass is 280 g/mol. The van der Waals surface area contributed by atoms with Gasteiger partial charge in [0.25, 0.3) is 0 Å². The van der Waals surface area contributed by atoms with Gasteiger partial charge in [-0.1, -0.05) is 42.5 Å². The smallest absolute Gasteiger partial charge is 0.163 e. The second-order valence-corrected chi connectivity index (χ2v) is 5.50. The molecule has 0 atom stereocenters. The summed E-state index contributed by atoms with van der Waals surface area (Å²) in [5.74, 6) is 1.15. The van der Waals surface area contributed by atoms with Crippen LogP contribution >= 0.6 is 0 Å². The van der Waals surface area contributed by atoms with Crippen molar-refractivity contribution in [3.63, 3.8) is 0 Å². The second kappa shape index (κ2) is 6.57. The predicted octanol–water partition coefficient (Wildman–Crippen LogP) is 4.22. The van der Waals surface area contributed by atoms with Gasteiger partial charge in [0, 0.05) is 17.5 Å². The Morgan fingerprint density at radius 2 is 1.76 bits per heavy atom. The van der Waals surface area contributed by atoms with Crippen LogP contribution in [0.4, 0.5) is 0 Å². The van der Waals surface area contributed by atoms with Gasteiger partial charge < -0.3 is 4.74 Å². The van der Waals surface area contributed by atoms with E-state index in [9.17, 15) is 4.79 Å². The molecule has 2 nitrogen and oxygen atoms in total. The van der Waals surface area contributed by atoms with Gasteiger partial charge in [-0.05, 0) is 37.3 Å². The van der Waals surface area contributed by atoms with E-state index in [1.54, 1.807) is 0 Å². The van der Waals surface area contributed by atoms with Crippen molar-refractivity contribution < 1.29 is 9.53 Å². The Labute approximate surface area is 125 Å². The highest BCUT2D eigenvalue weighted by molar-refractivity contribution is 6.01. The van der Waals surface area contributed by atoms with Gasteiger partial charge in [0.2, 0.25) is 0 Å². The van der Waals surface area contributed by atoms with Crippen LogP contribution in [0.5, 0.6) is 5.75 Å². The average Bonchev–Trinajstić information content (AvgIpc) is 2.90. The number of Topliss-reactive ketones (excluding diaryl/α,β-unsaturated/α-hetero) is 1. The normalized spacial score (nSPS) is 13.2. The van der Waals surface area contributed by atoms with Crippen LogP contribution < -0.4 is 4.74 Å². The molecule has 3 rings (SSSR count). The summed E-state index contributed by atoms with van der Waals surface area (Å²) in [5, 5.41) is 0. The molecule has 21 heavy (non-hydrogen) atoms. The Hall–Kier alpha value is -2.09. The average molecular weight is 280 g/mol. The number of rotatable bonds is 6. The molecule has 0 saturated heterocycles. The summed E-state index contributed by atoms with van der Waals surface area (Å²) >= 11 is 0. The maximum atomic E-state index is 11.7. The van der Waals surface area contributed by atoms with Gasteiger partial charge in [0.15, 0.2) is 5.78 Å². The third-order valence-corrected chi connectivity index (χ3v) is 4.00. The number of carbonyl (C=O) groups is 1. The molecule has 2 aromatic carbocycles. The minimum atomic E-state index is 0.250. The van der Waals surface area contributed by atoms with Crippen LogP contribution in [0.15, 0.2) is 48.5 Å². The molecule has 0 amide bonds. The largest absolute Gasteiger partial charge is 0.493 e. The third kappa shape index (κ3) is 3.33. The van der Waals surface area contributed by atoms with E-state index in [1.807, 2.05) is 24.3 Å². The van der Waals surface area contributed by atoms with Gasteiger partial charge in [-0.15, -0.1) is 0 Å². The van der Waals surface area contributed by atoms with Crippen LogP contribution in [0.2, 0.25) is 0 Å². The first kappa shape index (κ1) is 13.9. The first-order valence-electron chi connectivity index (χ1n) is 7.66. The molecular formula is C19H20O2. The Morgan fingerprint density at radius 3 is 2.62 bits per heavy atom. The predicted molar refractivity (Wildman–Crippen MR) is 84.0 cm³/mol. The Kier molecular flexibility index (Phi) is 4.34. The van der Waals surface area contributed by atoms with Crippen LogP contribution in [-0.2, 0) is 12.8 Å². The SMILES string of the molecule is O=C1CCc2c(OCCCCc3ccccc3)cccc21. The zero-order valence-electron chi connectivity index (χ0n) is 12.2.